The lowest BCUT2D eigenvalue weighted by Crippen LogP contribution is -2.54. The van der Waals surface area contributed by atoms with E-state index in [9.17, 15) is 8.78 Å². The Labute approximate surface area is 198 Å². The van der Waals surface area contributed by atoms with Gasteiger partial charge in [-0.3, -0.25) is 4.57 Å². The van der Waals surface area contributed by atoms with Crippen molar-refractivity contribution in [3.63, 3.8) is 0 Å². The predicted molar refractivity (Wildman–Crippen MR) is 130 cm³/mol. The standard InChI is InChI=1S/C26H31F2N5O/c1-15-11-32(12-16(2)29-15)24-5-4-21-25(31-24)33-22-10-19(28)18(27)8-17(22)9-23(33)20(30-21)6-7-26(3)13-34-14-26/h4-5,8-10,15-16,20,29-30H,6-7,11-14H2,1-3H3/t15-,16+,20?. The Morgan fingerprint density at radius 2 is 1.82 bits per heavy atom. The fraction of sp³-hybridized carbons (Fsp3) is 0.500. The first-order chi connectivity index (χ1) is 16.3. The average molecular weight is 468 g/mol. The van der Waals surface area contributed by atoms with Gasteiger partial charge in [0.1, 0.15) is 5.82 Å². The van der Waals surface area contributed by atoms with Crippen LogP contribution in [0.15, 0.2) is 30.3 Å². The highest BCUT2D eigenvalue weighted by atomic mass is 19.2. The topological polar surface area (TPSA) is 54.4 Å². The molecule has 0 spiro atoms. The molecule has 6 rings (SSSR count). The summed E-state index contributed by atoms with van der Waals surface area (Å²) >= 11 is 0. The molecular formula is C26H31F2N5O. The molecule has 3 aliphatic rings. The quantitative estimate of drug-likeness (QED) is 0.579. The maximum Gasteiger partial charge on any atom is 0.163 e. The van der Waals surface area contributed by atoms with E-state index in [0.717, 1.165) is 62.2 Å². The van der Waals surface area contributed by atoms with Gasteiger partial charge in [0.2, 0.25) is 0 Å². The molecule has 3 atom stereocenters. The highest BCUT2D eigenvalue weighted by molar-refractivity contribution is 5.86. The summed E-state index contributed by atoms with van der Waals surface area (Å²) < 4.78 is 35.9. The smallest absolute Gasteiger partial charge is 0.163 e. The van der Waals surface area contributed by atoms with E-state index in [-0.39, 0.29) is 11.5 Å². The minimum Gasteiger partial charge on any atom is -0.380 e. The van der Waals surface area contributed by atoms with Crippen molar-refractivity contribution in [2.45, 2.75) is 51.7 Å². The number of hydrogen-bond donors (Lipinski definition) is 2. The summed E-state index contributed by atoms with van der Waals surface area (Å²) in [6.07, 6.45) is 1.90. The number of piperazine rings is 1. The number of ether oxygens (including phenoxy) is 1. The first kappa shape index (κ1) is 21.8. The first-order valence-electron chi connectivity index (χ1n) is 12.2. The van der Waals surface area contributed by atoms with Crippen molar-refractivity contribution in [3.8, 4) is 5.82 Å². The molecule has 34 heavy (non-hydrogen) atoms. The summed E-state index contributed by atoms with van der Waals surface area (Å²) in [5, 5.41) is 7.91. The van der Waals surface area contributed by atoms with Crippen LogP contribution >= 0.6 is 0 Å². The molecule has 2 saturated heterocycles. The largest absolute Gasteiger partial charge is 0.380 e. The first-order valence-corrected chi connectivity index (χ1v) is 12.2. The third-order valence-corrected chi connectivity index (χ3v) is 7.45. The second-order valence-corrected chi connectivity index (χ2v) is 10.7. The Morgan fingerprint density at radius 1 is 1.09 bits per heavy atom. The Kier molecular flexibility index (Phi) is 5.08. The van der Waals surface area contributed by atoms with Crippen LogP contribution in [0.25, 0.3) is 16.7 Å². The fourth-order valence-corrected chi connectivity index (χ4v) is 5.70. The van der Waals surface area contributed by atoms with Crippen LogP contribution in [-0.2, 0) is 4.74 Å². The van der Waals surface area contributed by atoms with E-state index >= 15 is 0 Å². The second-order valence-electron chi connectivity index (χ2n) is 10.7. The van der Waals surface area contributed by atoms with Gasteiger partial charge in [-0.05, 0) is 51.0 Å². The highest BCUT2D eigenvalue weighted by Crippen LogP contribution is 2.42. The van der Waals surface area contributed by atoms with E-state index < -0.39 is 11.6 Å². The molecule has 3 aliphatic heterocycles. The van der Waals surface area contributed by atoms with Crippen LogP contribution in [-0.4, -0.2) is 47.9 Å². The molecule has 180 valence electrons. The molecule has 5 heterocycles. The van der Waals surface area contributed by atoms with Crippen LogP contribution in [0.2, 0.25) is 0 Å². The Hall–Kier alpha value is -2.71. The fourth-order valence-electron chi connectivity index (χ4n) is 5.70. The number of hydrogen-bond acceptors (Lipinski definition) is 5. The maximum absolute atomic E-state index is 14.3. The summed E-state index contributed by atoms with van der Waals surface area (Å²) in [6.45, 7) is 9.89. The van der Waals surface area contributed by atoms with Gasteiger partial charge in [0.05, 0.1) is 30.5 Å². The van der Waals surface area contributed by atoms with E-state index in [1.54, 1.807) is 0 Å². The molecule has 1 unspecified atom stereocenters. The number of fused-ring (bicyclic) bond motifs is 5. The van der Waals surface area contributed by atoms with Gasteiger partial charge in [-0.25, -0.2) is 13.8 Å². The number of aromatic nitrogens is 2. The molecule has 0 radical (unpaired) electrons. The number of nitrogens with zero attached hydrogens (tertiary/aromatic N) is 3. The van der Waals surface area contributed by atoms with Crippen LogP contribution in [0.3, 0.4) is 0 Å². The van der Waals surface area contributed by atoms with Crippen molar-refractivity contribution < 1.29 is 13.5 Å². The van der Waals surface area contributed by atoms with Gasteiger partial charge in [0.25, 0.3) is 0 Å². The van der Waals surface area contributed by atoms with Gasteiger partial charge in [-0.15, -0.1) is 0 Å². The zero-order valence-electron chi connectivity index (χ0n) is 19.9. The van der Waals surface area contributed by atoms with E-state index in [2.05, 4.69) is 48.4 Å². The van der Waals surface area contributed by atoms with Crippen molar-refractivity contribution in [1.29, 1.82) is 0 Å². The molecule has 2 fully saturated rings. The van der Waals surface area contributed by atoms with Crippen molar-refractivity contribution >= 4 is 22.4 Å². The maximum atomic E-state index is 14.3. The SMILES string of the molecule is C[C@@H]1CN(c2ccc3c(n2)-n2c(cc4cc(F)c(F)cc42)C(CCC2(C)COC2)N3)C[C@H](C)N1. The van der Waals surface area contributed by atoms with Crippen molar-refractivity contribution in [3.05, 3.63) is 47.7 Å². The van der Waals surface area contributed by atoms with Gasteiger partial charge in [-0.2, -0.15) is 0 Å². The lowest BCUT2D eigenvalue weighted by atomic mass is 9.82. The van der Waals surface area contributed by atoms with Crippen molar-refractivity contribution in [2.24, 2.45) is 5.41 Å². The third kappa shape index (κ3) is 3.64. The van der Waals surface area contributed by atoms with Gasteiger partial charge < -0.3 is 20.3 Å². The number of rotatable bonds is 4. The minimum atomic E-state index is -0.843. The molecule has 2 aromatic heterocycles. The van der Waals surface area contributed by atoms with Crippen LogP contribution < -0.4 is 15.5 Å². The summed E-state index contributed by atoms with van der Waals surface area (Å²) in [6, 6.07) is 9.44. The third-order valence-electron chi connectivity index (χ3n) is 7.45. The minimum absolute atomic E-state index is 0.0235. The van der Waals surface area contributed by atoms with Crippen LogP contribution in [0.5, 0.6) is 0 Å². The Morgan fingerprint density at radius 3 is 2.53 bits per heavy atom. The summed E-state index contributed by atoms with van der Waals surface area (Å²) in [7, 11) is 0. The van der Waals surface area contributed by atoms with E-state index in [1.807, 2.05) is 10.6 Å². The monoisotopic (exact) mass is 467 g/mol. The molecular weight excluding hydrogens is 436 g/mol. The van der Waals surface area contributed by atoms with Crippen LogP contribution in [0.1, 0.15) is 45.3 Å². The molecule has 0 amide bonds. The normalized spacial score (nSPS) is 25.4. The molecule has 1 aromatic carbocycles. The molecule has 2 N–H and O–H groups in total. The van der Waals surface area contributed by atoms with Gasteiger partial charge >= 0.3 is 0 Å². The molecule has 8 heteroatoms. The van der Waals surface area contributed by atoms with E-state index in [1.165, 1.54) is 12.1 Å². The lowest BCUT2D eigenvalue weighted by molar-refractivity contribution is -0.107. The van der Waals surface area contributed by atoms with Crippen molar-refractivity contribution in [1.82, 2.24) is 14.9 Å². The van der Waals surface area contributed by atoms with Crippen molar-refractivity contribution in [2.75, 3.05) is 36.5 Å². The highest BCUT2D eigenvalue weighted by Gasteiger charge is 2.36. The number of halogens is 2. The van der Waals surface area contributed by atoms with E-state index in [4.69, 9.17) is 9.72 Å². The summed E-state index contributed by atoms with van der Waals surface area (Å²) in [5.74, 6) is -0.0367. The van der Waals surface area contributed by atoms with Crippen LogP contribution in [0.4, 0.5) is 20.3 Å². The van der Waals surface area contributed by atoms with Gasteiger partial charge in [0, 0.05) is 47.7 Å². The predicted octanol–water partition coefficient (Wildman–Crippen LogP) is 4.77. The zero-order valence-corrected chi connectivity index (χ0v) is 19.9. The average Bonchev–Trinajstić information content (AvgIpc) is 3.14. The number of anilines is 2. The molecule has 3 aromatic rings. The second kappa shape index (κ2) is 7.92. The molecule has 6 nitrogen and oxygen atoms in total. The molecule has 0 saturated carbocycles. The van der Waals surface area contributed by atoms with Crippen LogP contribution in [0, 0.1) is 17.0 Å². The zero-order chi connectivity index (χ0) is 23.6. The molecule has 0 aliphatic carbocycles. The van der Waals surface area contributed by atoms with Gasteiger partial charge in [-0.1, -0.05) is 6.92 Å². The van der Waals surface area contributed by atoms with Gasteiger partial charge in [0.15, 0.2) is 17.5 Å². The number of benzene rings is 1. The number of pyridine rings is 1. The lowest BCUT2D eigenvalue weighted by Gasteiger charge is -2.40. The van der Waals surface area contributed by atoms with E-state index in [0.29, 0.717) is 23.0 Å². The molecule has 0 bridgehead atoms. The Balaban J connectivity index is 1.43. The summed E-state index contributed by atoms with van der Waals surface area (Å²) in [5.41, 5.74) is 2.73. The number of nitrogens with one attached hydrogen (secondary N) is 2. The summed E-state index contributed by atoms with van der Waals surface area (Å²) in [4.78, 5) is 7.35. The Bertz CT molecular complexity index is 1240.